The summed E-state index contributed by atoms with van der Waals surface area (Å²) < 4.78 is 41.4. The van der Waals surface area contributed by atoms with Crippen LogP contribution >= 0.6 is 12.6 Å². The molecule has 0 fully saturated rings. The van der Waals surface area contributed by atoms with Crippen LogP contribution in [0.2, 0.25) is 0 Å². The normalized spacial score (nSPS) is 15.6. The van der Waals surface area contributed by atoms with Crippen molar-refractivity contribution in [2.45, 2.75) is 25.1 Å². The zero-order chi connectivity index (χ0) is 12.3. The number of alkyl halides is 3. The van der Waals surface area contributed by atoms with Gasteiger partial charge in [0, 0.05) is 6.42 Å². The first kappa shape index (κ1) is 14.3. The van der Waals surface area contributed by atoms with Gasteiger partial charge in [-0.05, 0) is 11.8 Å². The van der Waals surface area contributed by atoms with Gasteiger partial charge in [-0.25, -0.2) is 4.79 Å². The highest BCUT2D eigenvalue weighted by atomic mass is 32.1. The van der Waals surface area contributed by atoms with Crippen LogP contribution in [0.1, 0.15) is 13.3 Å². The molecule has 0 aromatic heterocycles. The largest absolute Gasteiger partial charge is 0.464 e. The van der Waals surface area contributed by atoms with E-state index in [1.807, 2.05) is 0 Å². The summed E-state index contributed by atoms with van der Waals surface area (Å²) in [6.07, 6.45) is -6.15. The van der Waals surface area contributed by atoms with Gasteiger partial charge in [-0.2, -0.15) is 13.2 Å². The van der Waals surface area contributed by atoms with Crippen LogP contribution in [0.15, 0.2) is 11.5 Å². The van der Waals surface area contributed by atoms with Crippen molar-refractivity contribution in [2.75, 3.05) is 6.61 Å². The molecule has 0 heterocycles. The highest BCUT2D eigenvalue weighted by molar-refractivity contribution is 7.84. The SMILES string of the molecule is C=C(S)CC(O)(C(=O)OCC)C(F)(F)F. The van der Waals surface area contributed by atoms with Gasteiger partial charge < -0.3 is 9.84 Å². The van der Waals surface area contributed by atoms with E-state index in [1.165, 1.54) is 6.92 Å². The second-order valence-electron chi connectivity index (χ2n) is 2.82. The minimum absolute atomic E-state index is 0.254. The summed E-state index contributed by atoms with van der Waals surface area (Å²) in [7, 11) is 0. The van der Waals surface area contributed by atoms with Gasteiger partial charge >= 0.3 is 12.1 Å². The van der Waals surface area contributed by atoms with E-state index in [9.17, 15) is 23.1 Å². The molecular formula is C8H11F3O3S. The molecule has 7 heteroatoms. The molecule has 88 valence electrons. The fourth-order valence-electron chi connectivity index (χ4n) is 0.834. The third kappa shape index (κ3) is 3.42. The number of thiol groups is 1. The quantitative estimate of drug-likeness (QED) is 0.584. The van der Waals surface area contributed by atoms with Crippen LogP contribution in [0, 0.1) is 0 Å². The minimum atomic E-state index is -5.12. The van der Waals surface area contributed by atoms with E-state index >= 15 is 0 Å². The lowest BCUT2D eigenvalue weighted by molar-refractivity contribution is -0.261. The molecular weight excluding hydrogens is 233 g/mol. The van der Waals surface area contributed by atoms with Gasteiger partial charge in [0.15, 0.2) is 0 Å². The van der Waals surface area contributed by atoms with E-state index in [-0.39, 0.29) is 11.5 Å². The predicted octanol–water partition coefficient (Wildman–Crippen LogP) is 1.68. The molecule has 0 amide bonds. The lowest BCUT2D eigenvalue weighted by Crippen LogP contribution is -2.53. The predicted molar refractivity (Wildman–Crippen MR) is 50.4 cm³/mol. The van der Waals surface area contributed by atoms with Crippen molar-refractivity contribution < 1.29 is 27.8 Å². The molecule has 0 rings (SSSR count). The average Bonchev–Trinajstić information content (AvgIpc) is 2.01. The number of rotatable bonds is 4. The molecule has 1 unspecified atom stereocenters. The van der Waals surface area contributed by atoms with Crippen LogP contribution in [-0.2, 0) is 9.53 Å². The summed E-state index contributed by atoms with van der Waals surface area (Å²) >= 11 is 3.52. The van der Waals surface area contributed by atoms with E-state index in [0.29, 0.717) is 0 Å². The van der Waals surface area contributed by atoms with Crippen molar-refractivity contribution in [3.8, 4) is 0 Å². The van der Waals surface area contributed by atoms with Crippen molar-refractivity contribution in [1.82, 2.24) is 0 Å². The van der Waals surface area contributed by atoms with E-state index in [4.69, 9.17) is 0 Å². The molecule has 3 nitrogen and oxygen atoms in total. The molecule has 0 spiro atoms. The van der Waals surface area contributed by atoms with E-state index in [2.05, 4.69) is 23.9 Å². The molecule has 0 aliphatic rings. The number of esters is 1. The van der Waals surface area contributed by atoms with Gasteiger partial charge in [0.25, 0.3) is 5.60 Å². The number of aliphatic hydroxyl groups is 1. The Bertz CT molecular complexity index is 264. The van der Waals surface area contributed by atoms with E-state index < -0.39 is 24.2 Å². The molecule has 0 saturated carbocycles. The number of halogens is 3. The Kier molecular flexibility index (Phi) is 4.66. The van der Waals surface area contributed by atoms with Crippen LogP contribution < -0.4 is 0 Å². The standard InChI is InChI=1S/C8H11F3O3S/c1-3-14-6(12)7(13,4-5(2)15)8(9,10)11/h13,15H,2-4H2,1H3. The van der Waals surface area contributed by atoms with Gasteiger partial charge in [-0.1, -0.05) is 6.58 Å². The van der Waals surface area contributed by atoms with Gasteiger partial charge in [-0.3, -0.25) is 0 Å². The maximum absolute atomic E-state index is 12.4. The molecule has 1 atom stereocenters. The molecule has 0 aliphatic carbocycles. The highest BCUT2D eigenvalue weighted by Crippen LogP contribution is 2.36. The Morgan fingerprint density at radius 2 is 2.00 bits per heavy atom. The lowest BCUT2D eigenvalue weighted by Gasteiger charge is -2.27. The molecule has 0 aromatic rings. The molecule has 0 aromatic carbocycles. The summed E-state index contributed by atoms with van der Waals surface area (Å²) in [5, 5.41) is 9.21. The fraction of sp³-hybridized carbons (Fsp3) is 0.625. The monoisotopic (exact) mass is 244 g/mol. The number of carbonyl (C=O) groups excluding carboxylic acids is 1. The first-order valence-electron chi connectivity index (χ1n) is 3.98. The third-order valence-corrected chi connectivity index (χ3v) is 1.70. The first-order chi connectivity index (χ1) is 6.65. The fourth-order valence-corrected chi connectivity index (χ4v) is 1.06. The van der Waals surface area contributed by atoms with Gasteiger partial charge in [0.1, 0.15) is 0 Å². The van der Waals surface area contributed by atoms with Crippen molar-refractivity contribution in [2.24, 2.45) is 0 Å². The van der Waals surface area contributed by atoms with Crippen LogP contribution in [-0.4, -0.2) is 29.5 Å². The minimum Gasteiger partial charge on any atom is -0.464 e. The first-order valence-corrected chi connectivity index (χ1v) is 4.43. The molecule has 0 saturated heterocycles. The van der Waals surface area contributed by atoms with Crippen LogP contribution in [0.3, 0.4) is 0 Å². The zero-order valence-electron chi connectivity index (χ0n) is 7.97. The Labute approximate surface area is 90.3 Å². The third-order valence-electron chi connectivity index (χ3n) is 1.54. The van der Waals surface area contributed by atoms with Crippen molar-refractivity contribution in [3.05, 3.63) is 11.5 Å². The summed E-state index contributed by atoms with van der Waals surface area (Å²) in [5.41, 5.74) is -3.57. The van der Waals surface area contributed by atoms with Crippen LogP contribution in [0.5, 0.6) is 0 Å². The smallest absolute Gasteiger partial charge is 0.428 e. The second kappa shape index (κ2) is 4.89. The highest BCUT2D eigenvalue weighted by Gasteiger charge is 2.60. The summed E-state index contributed by atoms with van der Waals surface area (Å²) in [6, 6.07) is 0. The Balaban J connectivity index is 5.02. The number of hydrogen-bond acceptors (Lipinski definition) is 4. The number of carbonyl (C=O) groups is 1. The second-order valence-corrected chi connectivity index (χ2v) is 3.45. The molecule has 15 heavy (non-hydrogen) atoms. The van der Waals surface area contributed by atoms with Gasteiger partial charge in [-0.15, -0.1) is 12.6 Å². The Hall–Kier alpha value is -0.690. The van der Waals surface area contributed by atoms with Gasteiger partial charge in [0.05, 0.1) is 6.61 Å². The molecule has 1 N–H and O–H groups in total. The lowest BCUT2D eigenvalue weighted by atomic mass is 9.99. The molecule has 0 bridgehead atoms. The molecule has 0 aliphatic heterocycles. The zero-order valence-corrected chi connectivity index (χ0v) is 8.86. The van der Waals surface area contributed by atoms with Gasteiger partial charge in [0.2, 0.25) is 0 Å². The van der Waals surface area contributed by atoms with Crippen molar-refractivity contribution in [3.63, 3.8) is 0 Å². The number of ether oxygens (including phenoxy) is 1. The average molecular weight is 244 g/mol. The van der Waals surface area contributed by atoms with E-state index in [1.54, 1.807) is 0 Å². The maximum Gasteiger partial charge on any atom is 0.428 e. The molecule has 0 radical (unpaired) electrons. The Morgan fingerprint density at radius 3 is 2.27 bits per heavy atom. The van der Waals surface area contributed by atoms with Crippen molar-refractivity contribution in [1.29, 1.82) is 0 Å². The van der Waals surface area contributed by atoms with Crippen molar-refractivity contribution >= 4 is 18.6 Å². The summed E-state index contributed by atoms with van der Waals surface area (Å²) in [4.78, 5) is 10.7. The maximum atomic E-state index is 12.4. The topological polar surface area (TPSA) is 46.5 Å². The van der Waals surface area contributed by atoms with E-state index in [0.717, 1.165) is 0 Å². The summed E-state index contributed by atoms with van der Waals surface area (Å²) in [6.45, 7) is 4.18. The van der Waals surface area contributed by atoms with Crippen LogP contribution in [0.4, 0.5) is 13.2 Å². The number of hydrogen-bond donors (Lipinski definition) is 2. The van der Waals surface area contributed by atoms with Crippen LogP contribution in [0.25, 0.3) is 0 Å². The summed E-state index contributed by atoms with van der Waals surface area (Å²) in [5.74, 6) is -1.74. The Morgan fingerprint density at radius 1 is 1.53 bits per heavy atom.